The molecule has 1 aromatic carbocycles. The van der Waals surface area contributed by atoms with E-state index < -0.39 is 5.41 Å². The van der Waals surface area contributed by atoms with Crippen LogP contribution in [0.1, 0.15) is 47.2 Å². The van der Waals surface area contributed by atoms with Gasteiger partial charge in [-0.05, 0) is 26.8 Å². The summed E-state index contributed by atoms with van der Waals surface area (Å²) in [5.74, 6) is -0.148. The van der Waals surface area contributed by atoms with Crippen molar-refractivity contribution in [3.63, 3.8) is 0 Å². The molecule has 0 unspecified atom stereocenters. The van der Waals surface area contributed by atoms with Crippen molar-refractivity contribution in [3.05, 3.63) is 30.0 Å². The number of aromatic nitrogens is 1. The van der Waals surface area contributed by atoms with Gasteiger partial charge in [0.2, 0.25) is 0 Å². The third-order valence-electron chi connectivity index (χ3n) is 3.59. The number of aromatic amines is 1. The molecule has 23 heavy (non-hydrogen) atoms. The Morgan fingerprint density at radius 3 is 2.43 bits per heavy atom. The van der Waals surface area contributed by atoms with Crippen molar-refractivity contribution >= 4 is 28.6 Å². The lowest BCUT2D eigenvalue weighted by Crippen LogP contribution is -2.29. The summed E-state index contributed by atoms with van der Waals surface area (Å²) in [5, 5.41) is 1.22. The van der Waals surface area contributed by atoms with Crippen LogP contribution in [0, 0.1) is 5.41 Å². The topological polar surface area (TPSA) is 42.1 Å². The van der Waals surface area contributed by atoms with E-state index in [0.29, 0.717) is 13.0 Å². The molecule has 126 valence electrons. The van der Waals surface area contributed by atoms with Crippen LogP contribution in [0.2, 0.25) is 0 Å². The Labute approximate surface area is 143 Å². The summed E-state index contributed by atoms with van der Waals surface area (Å²) in [4.78, 5) is 17.0. The fourth-order valence-electron chi connectivity index (χ4n) is 2.56. The van der Waals surface area contributed by atoms with Gasteiger partial charge in [0.1, 0.15) is 0 Å². The van der Waals surface area contributed by atoms with Crippen molar-refractivity contribution in [1.82, 2.24) is 4.98 Å². The van der Waals surface area contributed by atoms with E-state index in [4.69, 9.17) is 4.74 Å². The molecule has 1 heterocycles. The number of carbonyl (C=O) groups excluding carboxylic acids is 1. The molecule has 0 radical (unpaired) electrons. The van der Waals surface area contributed by atoms with Crippen LogP contribution in [0.15, 0.2) is 29.2 Å². The fraction of sp³-hybridized carbons (Fsp3) is 0.526. The summed E-state index contributed by atoms with van der Waals surface area (Å²) in [5.41, 5.74) is 1.68. The van der Waals surface area contributed by atoms with E-state index in [2.05, 4.69) is 44.0 Å². The monoisotopic (exact) mass is 333 g/mol. The first-order valence-corrected chi connectivity index (χ1v) is 8.91. The lowest BCUT2D eigenvalue weighted by molar-refractivity contribution is -0.153. The second kappa shape index (κ2) is 6.60. The molecule has 0 atom stereocenters. The SMILES string of the molecule is CCOC(=O)C(C)(C)Cc1[nH]c2ccccc2c1SC(C)(C)C. The summed E-state index contributed by atoms with van der Waals surface area (Å²) in [6.45, 7) is 12.8. The molecule has 4 heteroatoms. The van der Waals surface area contributed by atoms with Gasteiger partial charge in [-0.2, -0.15) is 0 Å². The largest absolute Gasteiger partial charge is 0.466 e. The molecule has 0 saturated heterocycles. The third kappa shape index (κ3) is 4.31. The van der Waals surface area contributed by atoms with E-state index >= 15 is 0 Å². The molecular formula is C19H27NO2S. The normalized spacial score (nSPS) is 12.6. The molecule has 0 bridgehead atoms. The zero-order chi connectivity index (χ0) is 17.3. The smallest absolute Gasteiger partial charge is 0.311 e. The standard InChI is InChI=1S/C19H27NO2S/c1-7-22-17(21)19(5,6)12-15-16(23-18(2,3)4)13-10-8-9-11-14(13)20-15/h8-11,20H,7,12H2,1-6H3. The first-order valence-electron chi connectivity index (χ1n) is 8.10. The van der Waals surface area contributed by atoms with Gasteiger partial charge in [-0.25, -0.2) is 0 Å². The second-order valence-electron chi connectivity index (χ2n) is 7.47. The Kier molecular flexibility index (Phi) is 5.14. The molecule has 2 aromatic rings. The number of benzene rings is 1. The van der Waals surface area contributed by atoms with E-state index in [0.717, 1.165) is 11.2 Å². The zero-order valence-electron chi connectivity index (χ0n) is 14.9. The van der Waals surface area contributed by atoms with Crippen molar-refractivity contribution < 1.29 is 9.53 Å². The Bertz CT molecular complexity index is 695. The number of carbonyl (C=O) groups is 1. The first kappa shape index (κ1) is 17.9. The molecule has 1 N–H and O–H groups in total. The van der Waals surface area contributed by atoms with Gasteiger partial charge < -0.3 is 9.72 Å². The highest BCUT2D eigenvalue weighted by Crippen LogP contribution is 2.41. The quantitative estimate of drug-likeness (QED) is 0.605. The van der Waals surface area contributed by atoms with Crippen molar-refractivity contribution in [2.24, 2.45) is 5.41 Å². The number of H-pyrrole nitrogens is 1. The molecule has 0 aliphatic carbocycles. The van der Waals surface area contributed by atoms with Crippen LogP contribution >= 0.6 is 11.8 Å². The predicted molar refractivity (Wildman–Crippen MR) is 98.0 cm³/mol. The van der Waals surface area contributed by atoms with E-state index in [9.17, 15) is 4.79 Å². The summed E-state index contributed by atoms with van der Waals surface area (Å²) in [6, 6.07) is 8.32. The van der Waals surface area contributed by atoms with E-state index in [-0.39, 0.29) is 10.7 Å². The Hall–Kier alpha value is -1.42. The van der Waals surface area contributed by atoms with Crippen LogP contribution in [-0.4, -0.2) is 22.3 Å². The highest BCUT2D eigenvalue weighted by atomic mass is 32.2. The van der Waals surface area contributed by atoms with Gasteiger partial charge in [0.25, 0.3) is 0 Å². The Balaban J connectivity index is 2.43. The average molecular weight is 333 g/mol. The van der Waals surface area contributed by atoms with Crippen LogP contribution in [0.25, 0.3) is 10.9 Å². The maximum Gasteiger partial charge on any atom is 0.311 e. The molecule has 0 spiro atoms. The van der Waals surface area contributed by atoms with Crippen molar-refractivity contribution in [1.29, 1.82) is 0 Å². The number of ether oxygens (including phenoxy) is 1. The van der Waals surface area contributed by atoms with Gasteiger partial charge in [-0.15, -0.1) is 11.8 Å². The van der Waals surface area contributed by atoms with E-state index in [1.165, 1.54) is 10.3 Å². The number of hydrogen-bond donors (Lipinski definition) is 1. The van der Waals surface area contributed by atoms with Gasteiger partial charge in [0, 0.05) is 32.7 Å². The minimum absolute atomic E-state index is 0.105. The molecule has 0 amide bonds. The van der Waals surface area contributed by atoms with Gasteiger partial charge in [-0.1, -0.05) is 39.0 Å². The number of esters is 1. The zero-order valence-corrected chi connectivity index (χ0v) is 15.8. The van der Waals surface area contributed by atoms with Gasteiger partial charge in [0.05, 0.1) is 12.0 Å². The number of thioether (sulfide) groups is 1. The maximum absolute atomic E-state index is 12.2. The van der Waals surface area contributed by atoms with E-state index in [1.807, 2.05) is 38.6 Å². The molecule has 2 rings (SSSR count). The van der Waals surface area contributed by atoms with Crippen molar-refractivity contribution in [2.45, 2.75) is 57.6 Å². The lowest BCUT2D eigenvalue weighted by atomic mass is 9.88. The Morgan fingerprint density at radius 2 is 1.83 bits per heavy atom. The Morgan fingerprint density at radius 1 is 1.17 bits per heavy atom. The van der Waals surface area contributed by atoms with Crippen LogP contribution in [0.4, 0.5) is 0 Å². The molecule has 0 aliphatic rings. The number of hydrogen-bond acceptors (Lipinski definition) is 3. The van der Waals surface area contributed by atoms with Gasteiger partial charge in [-0.3, -0.25) is 4.79 Å². The highest BCUT2D eigenvalue weighted by Gasteiger charge is 2.32. The van der Waals surface area contributed by atoms with Crippen LogP contribution < -0.4 is 0 Å². The summed E-state index contributed by atoms with van der Waals surface area (Å²) in [6.07, 6.45) is 0.638. The number of fused-ring (bicyclic) bond motifs is 1. The predicted octanol–water partition coefficient (Wildman–Crippen LogP) is 5.19. The van der Waals surface area contributed by atoms with Crippen molar-refractivity contribution in [3.8, 4) is 0 Å². The molecule has 0 fully saturated rings. The average Bonchev–Trinajstić information content (AvgIpc) is 2.75. The summed E-state index contributed by atoms with van der Waals surface area (Å²) < 4.78 is 5.34. The number of nitrogens with one attached hydrogen (secondary N) is 1. The van der Waals surface area contributed by atoms with E-state index in [1.54, 1.807) is 0 Å². The number of rotatable bonds is 5. The summed E-state index contributed by atoms with van der Waals surface area (Å²) >= 11 is 1.85. The molecular weight excluding hydrogens is 306 g/mol. The maximum atomic E-state index is 12.2. The molecule has 0 aliphatic heterocycles. The van der Waals surface area contributed by atoms with Gasteiger partial charge >= 0.3 is 5.97 Å². The molecule has 0 saturated carbocycles. The molecule has 3 nitrogen and oxygen atoms in total. The minimum Gasteiger partial charge on any atom is -0.466 e. The summed E-state index contributed by atoms with van der Waals surface area (Å²) in [7, 11) is 0. The van der Waals surface area contributed by atoms with Crippen LogP contribution in [0.3, 0.4) is 0 Å². The first-order chi connectivity index (χ1) is 10.6. The van der Waals surface area contributed by atoms with Gasteiger partial charge in [0.15, 0.2) is 0 Å². The van der Waals surface area contributed by atoms with Crippen LogP contribution in [-0.2, 0) is 16.0 Å². The van der Waals surface area contributed by atoms with Crippen LogP contribution in [0.5, 0.6) is 0 Å². The fourth-order valence-corrected chi connectivity index (χ4v) is 3.71. The van der Waals surface area contributed by atoms with Crippen molar-refractivity contribution in [2.75, 3.05) is 6.61 Å². The highest BCUT2D eigenvalue weighted by molar-refractivity contribution is 8.00. The minimum atomic E-state index is -0.552. The molecule has 1 aromatic heterocycles. The lowest BCUT2D eigenvalue weighted by Gasteiger charge is -2.24. The second-order valence-corrected chi connectivity index (χ2v) is 9.31. The number of para-hydroxylation sites is 1. The third-order valence-corrected chi connectivity index (χ3v) is 4.87.